The summed E-state index contributed by atoms with van der Waals surface area (Å²) in [4.78, 5) is 1.48. The van der Waals surface area contributed by atoms with E-state index in [0.29, 0.717) is 5.56 Å². The van der Waals surface area contributed by atoms with Gasteiger partial charge in [-0.05, 0) is 19.7 Å². The van der Waals surface area contributed by atoms with Crippen molar-refractivity contribution in [1.29, 1.82) is 0 Å². The molecule has 3 nitrogen and oxygen atoms in total. The Kier molecular flexibility index (Phi) is 11.9. The molecule has 0 aromatic heterocycles. The fourth-order valence-corrected chi connectivity index (χ4v) is 1.53. The third-order valence-corrected chi connectivity index (χ3v) is 2.77. The number of hydrogen-bond donors (Lipinski definition) is 0. The second kappa shape index (κ2) is 10.3. The number of likely N-dealkylation sites (N-methyl/N-ethyl adjacent to an activating group) is 1. The topological polar surface area (TPSA) is 49.4 Å². The van der Waals surface area contributed by atoms with Gasteiger partial charge in [-0.25, -0.2) is 0 Å². The molecule has 0 aliphatic carbocycles. The Labute approximate surface area is 153 Å². The van der Waals surface area contributed by atoms with E-state index in [0.717, 1.165) is 0 Å². The molecule has 1 aromatic rings. The zero-order chi connectivity index (χ0) is 12.1. The minimum Gasteiger partial charge on any atom is -0.861 e. The second-order valence-electron chi connectivity index (χ2n) is 3.81. The molecule has 0 saturated heterocycles. The van der Waals surface area contributed by atoms with E-state index in [9.17, 15) is 10.2 Å². The van der Waals surface area contributed by atoms with Crippen LogP contribution in [-0.4, -0.2) is 18.0 Å². The van der Waals surface area contributed by atoms with Gasteiger partial charge in [0.2, 0.25) is 0 Å². The summed E-state index contributed by atoms with van der Waals surface area (Å²) in [6.45, 7) is 3.44. The summed E-state index contributed by atoms with van der Waals surface area (Å²) in [5.74, 6) is -0.121. The van der Waals surface area contributed by atoms with Crippen molar-refractivity contribution in [3.05, 3.63) is 47.9 Å². The van der Waals surface area contributed by atoms with Gasteiger partial charge in [-0.3, -0.25) is 0 Å². The quantitative estimate of drug-likeness (QED) is 0.403. The normalized spacial score (nSPS) is 13.9. The van der Waals surface area contributed by atoms with E-state index in [4.69, 9.17) is 0 Å². The molecule has 0 spiro atoms. The Hall–Kier alpha value is 0.520. The molecule has 88 valence electrons. The summed E-state index contributed by atoms with van der Waals surface area (Å²) in [7, 11) is 1.65. The van der Waals surface area contributed by atoms with Gasteiger partial charge in [0.15, 0.2) is 0 Å². The van der Waals surface area contributed by atoms with Gasteiger partial charge in [0.25, 0.3) is 0 Å². The Bertz CT molecular complexity index is 357. The van der Waals surface area contributed by atoms with Crippen LogP contribution in [0.3, 0.4) is 0 Å². The van der Waals surface area contributed by atoms with Crippen LogP contribution in [0.25, 0.3) is 0 Å². The van der Waals surface area contributed by atoms with Crippen LogP contribution >= 0.6 is 0 Å². The summed E-state index contributed by atoms with van der Waals surface area (Å²) in [5, 5.41) is 23.5. The van der Waals surface area contributed by atoms with Crippen LogP contribution in [0.2, 0.25) is 0 Å². The molecule has 1 aromatic carbocycles. The molecule has 0 heterocycles. The Balaban J connectivity index is 0. The Morgan fingerprint density at radius 2 is 1.72 bits per heavy atom. The zero-order valence-electron chi connectivity index (χ0n) is 11.9. The SMILES string of the molecule is C/C=C(\[O-])N(C)[C@H](C)[C@H]([O-])c1ccccc1.[Na+].[Na+]. The molecule has 0 saturated carbocycles. The first kappa shape index (κ1) is 20.8. The van der Waals surface area contributed by atoms with Crippen LogP contribution in [-0.2, 0) is 0 Å². The van der Waals surface area contributed by atoms with E-state index in [1.54, 1.807) is 33.0 Å². The average Bonchev–Trinajstić information content (AvgIpc) is 2.36. The number of benzene rings is 1. The third-order valence-electron chi connectivity index (χ3n) is 2.77. The van der Waals surface area contributed by atoms with E-state index in [-0.39, 0.29) is 71.0 Å². The predicted molar refractivity (Wildman–Crippen MR) is 60.2 cm³/mol. The van der Waals surface area contributed by atoms with E-state index >= 15 is 0 Å². The standard InChI is InChI=1S/C13H18NO2.2Na/c1-4-12(15)14(3)10(2)13(16)11-8-6-5-7-9-11;;/h4-10,13,15H,1-3H3;;/q-1;2*+1/p-1/b12-4-;;/t10-,13+;;/m1../s1. The van der Waals surface area contributed by atoms with Crippen molar-refractivity contribution in [2.75, 3.05) is 7.05 Å². The number of allylic oxidation sites excluding steroid dienone is 1. The number of hydrogen-bond acceptors (Lipinski definition) is 3. The van der Waals surface area contributed by atoms with Gasteiger partial charge in [0.05, 0.1) is 0 Å². The maximum Gasteiger partial charge on any atom is 1.00 e. The van der Waals surface area contributed by atoms with E-state index in [1.165, 1.54) is 11.0 Å². The molecular weight excluding hydrogens is 248 g/mol. The fourth-order valence-electron chi connectivity index (χ4n) is 1.53. The van der Waals surface area contributed by atoms with Crippen LogP contribution in [0.15, 0.2) is 42.3 Å². The summed E-state index contributed by atoms with van der Waals surface area (Å²) in [6, 6.07) is 8.77. The molecule has 0 bridgehead atoms. The largest absolute Gasteiger partial charge is 1.00 e. The van der Waals surface area contributed by atoms with Crippen LogP contribution in [0.5, 0.6) is 0 Å². The molecule has 0 radical (unpaired) electrons. The molecule has 0 amide bonds. The first-order valence-corrected chi connectivity index (χ1v) is 5.34. The van der Waals surface area contributed by atoms with Crippen molar-refractivity contribution in [1.82, 2.24) is 4.90 Å². The van der Waals surface area contributed by atoms with Gasteiger partial charge in [-0.1, -0.05) is 48.1 Å². The molecule has 0 aliphatic heterocycles. The van der Waals surface area contributed by atoms with Gasteiger partial charge in [-0.15, -0.1) is 0 Å². The molecule has 0 unspecified atom stereocenters. The first-order chi connectivity index (χ1) is 7.57. The monoisotopic (exact) mass is 265 g/mol. The maximum atomic E-state index is 12.1. The summed E-state index contributed by atoms with van der Waals surface area (Å²) < 4.78 is 0. The summed E-state index contributed by atoms with van der Waals surface area (Å²) in [6.07, 6.45) is 0.559. The minimum atomic E-state index is -0.907. The number of nitrogens with zero attached hydrogens (tertiary/aromatic N) is 1. The van der Waals surface area contributed by atoms with Crippen molar-refractivity contribution in [2.24, 2.45) is 0 Å². The molecular formula is C13H17NNa2O2. The maximum absolute atomic E-state index is 12.1. The molecule has 0 fully saturated rings. The first-order valence-electron chi connectivity index (χ1n) is 5.34. The molecule has 1 rings (SSSR count). The van der Waals surface area contributed by atoms with E-state index < -0.39 is 6.10 Å². The molecule has 0 aliphatic rings. The van der Waals surface area contributed by atoms with Crippen molar-refractivity contribution in [3.8, 4) is 0 Å². The van der Waals surface area contributed by atoms with Crippen molar-refractivity contribution in [2.45, 2.75) is 26.0 Å². The summed E-state index contributed by atoms with van der Waals surface area (Å²) in [5.41, 5.74) is 0.714. The van der Waals surface area contributed by atoms with Gasteiger partial charge < -0.3 is 15.1 Å². The number of rotatable bonds is 4. The van der Waals surface area contributed by atoms with E-state index in [2.05, 4.69) is 0 Å². The Morgan fingerprint density at radius 1 is 1.22 bits per heavy atom. The fraction of sp³-hybridized carbons (Fsp3) is 0.385. The van der Waals surface area contributed by atoms with Gasteiger partial charge in [-0.2, -0.15) is 0 Å². The van der Waals surface area contributed by atoms with E-state index in [1.807, 2.05) is 18.2 Å². The third kappa shape index (κ3) is 5.66. The van der Waals surface area contributed by atoms with Crippen LogP contribution in [0.4, 0.5) is 0 Å². The summed E-state index contributed by atoms with van der Waals surface area (Å²) >= 11 is 0. The molecule has 2 atom stereocenters. The van der Waals surface area contributed by atoms with Crippen molar-refractivity contribution in [3.63, 3.8) is 0 Å². The molecule has 18 heavy (non-hydrogen) atoms. The minimum absolute atomic E-state index is 0. The van der Waals surface area contributed by atoms with Gasteiger partial charge in [0.1, 0.15) is 0 Å². The molecule has 5 heteroatoms. The average molecular weight is 265 g/mol. The van der Waals surface area contributed by atoms with Gasteiger partial charge >= 0.3 is 59.1 Å². The van der Waals surface area contributed by atoms with Crippen LogP contribution in [0, 0.1) is 0 Å². The van der Waals surface area contributed by atoms with Crippen LogP contribution in [0.1, 0.15) is 25.5 Å². The van der Waals surface area contributed by atoms with Crippen LogP contribution < -0.4 is 69.3 Å². The van der Waals surface area contributed by atoms with Crippen molar-refractivity contribution >= 4 is 0 Å². The predicted octanol–water partition coefficient (Wildman–Crippen LogP) is -5.36. The Morgan fingerprint density at radius 3 is 2.17 bits per heavy atom. The second-order valence-corrected chi connectivity index (χ2v) is 3.81. The smallest absolute Gasteiger partial charge is 0.861 e. The van der Waals surface area contributed by atoms with Crippen molar-refractivity contribution < 1.29 is 69.3 Å². The van der Waals surface area contributed by atoms with Gasteiger partial charge in [0, 0.05) is 13.1 Å². The molecule has 0 N–H and O–H groups in total. The zero-order valence-corrected chi connectivity index (χ0v) is 15.9.